The molecule has 2 heterocycles. The molecular formula is C13H20N4OS. The Morgan fingerprint density at radius 1 is 1.53 bits per heavy atom. The number of aromatic nitrogens is 3. The highest BCUT2D eigenvalue weighted by molar-refractivity contribution is 7.84. The highest BCUT2D eigenvalue weighted by atomic mass is 32.2. The Bertz CT molecular complexity index is 608. The average Bonchev–Trinajstić information content (AvgIpc) is 2.64. The van der Waals surface area contributed by atoms with E-state index >= 15 is 0 Å². The zero-order chi connectivity index (χ0) is 14.0. The van der Waals surface area contributed by atoms with Crippen LogP contribution in [0, 0.1) is 6.92 Å². The predicted octanol–water partition coefficient (Wildman–Crippen LogP) is 1.13. The zero-order valence-corrected chi connectivity index (χ0v) is 12.6. The Balaban J connectivity index is 2.06. The molecule has 0 aliphatic heterocycles. The first kappa shape index (κ1) is 14.1. The summed E-state index contributed by atoms with van der Waals surface area (Å²) in [6, 6.07) is 2.12. The normalized spacial score (nSPS) is 14.7. The summed E-state index contributed by atoms with van der Waals surface area (Å²) < 4.78 is 13.1. The summed E-state index contributed by atoms with van der Waals surface area (Å²) in [4.78, 5) is 4.43. The fourth-order valence-electron chi connectivity index (χ4n) is 1.98. The van der Waals surface area contributed by atoms with Crippen LogP contribution < -0.4 is 5.32 Å². The van der Waals surface area contributed by atoms with E-state index in [-0.39, 0.29) is 5.25 Å². The molecule has 0 radical (unpaired) electrons. The van der Waals surface area contributed by atoms with Gasteiger partial charge in [0.2, 0.25) is 0 Å². The van der Waals surface area contributed by atoms with Crippen LogP contribution in [0.5, 0.6) is 0 Å². The number of hydrogen-bond acceptors (Lipinski definition) is 4. The van der Waals surface area contributed by atoms with Gasteiger partial charge in [-0.25, -0.2) is 4.98 Å². The number of rotatable bonds is 5. The predicted molar refractivity (Wildman–Crippen MR) is 78.5 cm³/mol. The minimum absolute atomic E-state index is 0.164. The maximum atomic E-state index is 11.3. The Kier molecular flexibility index (Phi) is 4.31. The van der Waals surface area contributed by atoms with Crippen LogP contribution in [0.4, 0.5) is 0 Å². The molecule has 0 bridgehead atoms. The van der Waals surface area contributed by atoms with Crippen LogP contribution in [0.2, 0.25) is 0 Å². The molecule has 0 aromatic carbocycles. The molecule has 0 fully saturated rings. The Labute approximate surface area is 115 Å². The van der Waals surface area contributed by atoms with E-state index in [4.69, 9.17) is 0 Å². The van der Waals surface area contributed by atoms with Crippen LogP contribution in [0.25, 0.3) is 11.0 Å². The number of nitrogens with zero attached hydrogens (tertiary/aromatic N) is 3. The second kappa shape index (κ2) is 5.79. The van der Waals surface area contributed by atoms with E-state index in [2.05, 4.69) is 21.5 Å². The number of fused-ring (bicyclic) bond motifs is 1. The Morgan fingerprint density at radius 3 is 2.95 bits per heavy atom. The van der Waals surface area contributed by atoms with Crippen molar-refractivity contribution in [3.05, 3.63) is 23.5 Å². The van der Waals surface area contributed by atoms with Crippen LogP contribution >= 0.6 is 0 Å². The summed E-state index contributed by atoms with van der Waals surface area (Å²) in [5, 5.41) is 8.93. The second-order valence-electron chi connectivity index (χ2n) is 4.86. The van der Waals surface area contributed by atoms with Gasteiger partial charge in [0.25, 0.3) is 0 Å². The lowest BCUT2D eigenvalue weighted by Crippen LogP contribution is -2.27. The quantitative estimate of drug-likeness (QED) is 0.892. The molecule has 0 spiro atoms. The molecule has 2 rings (SSSR count). The van der Waals surface area contributed by atoms with Crippen LogP contribution in [0.15, 0.2) is 12.3 Å². The second-order valence-corrected chi connectivity index (χ2v) is 6.67. The minimum Gasteiger partial charge on any atom is -0.311 e. The topological polar surface area (TPSA) is 59.8 Å². The van der Waals surface area contributed by atoms with E-state index in [0.29, 0.717) is 0 Å². The van der Waals surface area contributed by atoms with Gasteiger partial charge in [0.15, 0.2) is 5.65 Å². The molecule has 0 aliphatic rings. The van der Waals surface area contributed by atoms with E-state index in [1.54, 1.807) is 10.9 Å². The van der Waals surface area contributed by atoms with Gasteiger partial charge in [-0.3, -0.25) is 8.89 Å². The molecule has 5 nitrogen and oxygen atoms in total. The summed E-state index contributed by atoms with van der Waals surface area (Å²) in [7, 11) is 1.12. The maximum Gasteiger partial charge on any atom is 0.157 e. The van der Waals surface area contributed by atoms with Crippen molar-refractivity contribution < 1.29 is 4.21 Å². The number of nitrogens with one attached hydrogen (secondary N) is 1. The molecule has 1 N–H and O–H groups in total. The highest BCUT2D eigenvalue weighted by Gasteiger charge is 2.08. The van der Waals surface area contributed by atoms with Gasteiger partial charge in [0, 0.05) is 54.0 Å². The largest absolute Gasteiger partial charge is 0.311 e. The lowest BCUT2D eigenvalue weighted by atomic mass is 10.2. The van der Waals surface area contributed by atoms with Crippen molar-refractivity contribution in [1.82, 2.24) is 20.1 Å². The van der Waals surface area contributed by atoms with Gasteiger partial charge in [0.05, 0.1) is 5.69 Å². The SMILES string of the molecule is Cc1nn(C)c2ncc(CNCC(C)S(C)=O)cc12. The monoisotopic (exact) mass is 280 g/mol. The van der Waals surface area contributed by atoms with Crippen LogP contribution in [0.1, 0.15) is 18.2 Å². The fourth-order valence-corrected chi connectivity index (χ4v) is 2.34. The van der Waals surface area contributed by atoms with Gasteiger partial charge in [-0.2, -0.15) is 5.10 Å². The molecule has 0 aliphatic carbocycles. The third-order valence-corrected chi connectivity index (χ3v) is 4.55. The van der Waals surface area contributed by atoms with Gasteiger partial charge in [0.1, 0.15) is 0 Å². The standard InChI is InChI=1S/C13H20N4OS/c1-9(19(4)18)6-14-7-11-5-12-10(2)16-17(3)13(12)15-8-11/h5,8-9,14H,6-7H2,1-4H3. The number of hydrogen-bond donors (Lipinski definition) is 1. The van der Waals surface area contributed by atoms with E-state index < -0.39 is 10.8 Å². The number of aryl methyl sites for hydroxylation is 2. The molecular weight excluding hydrogens is 260 g/mol. The van der Waals surface area contributed by atoms with Gasteiger partial charge in [-0.15, -0.1) is 0 Å². The fraction of sp³-hybridized carbons (Fsp3) is 0.538. The molecule has 0 saturated carbocycles. The average molecular weight is 280 g/mol. The first-order valence-corrected chi connectivity index (χ1v) is 7.92. The molecule has 2 aromatic rings. The molecule has 19 heavy (non-hydrogen) atoms. The maximum absolute atomic E-state index is 11.3. The van der Waals surface area contributed by atoms with Crippen molar-refractivity contribution in [2.24, 2.45) is 7.05 Å². The van der Waals surface area contributed by atoms with Gasteiger partial charge in [-0.1, -0.05) is 0 Å². The molecule has 0 saturated heterocycles. The van der Waals surface area contributed by atoms with Gasteiger partial charge < -0.3 is 5.32 Å². The molecule has 0 amide bonds. The first-order valence-electron chi connectivity index (χ1n) is 6.30. The summed E-state index contributed by atoms with van der Waals surface area (Å²) in [5.41, 5.74) is 3.02. The zero-order valence-electron chi connectivity index (χ0n) is 11.8. The molecule has 2 unspecified atom stereocenters. The van der Waals surface area contributed by atoms with Crippen LogP contribution in [-0.4, -0.2) is 37.0 Å². The number of pyridine rings is 1. The molecule has 2 atom stereocenters. The Morgan fingerprint density at radius 2 is 2.26 bits per heavy atom. The van der Waals surface area contributed by atoms with Gasteiger partial charge >= 0.3 is 0 Å². The smallest absolute Gasteiger partial charge is 0.157 e. The van der Waals surface area contributed by atoms with Crippen molar-refractivity contribution in [3.63, 3.8) is 0 Å². The summed E-state index contributed by atoms with van der Waals surface area (Å²) in [6.45, 7) is 5.45. The minimum atomic E-state index is -0.782. The van der Waals surface area contributed by atoms with Crippen molar-refractivity contribution in [3.8, 4) is 0 Å². The third-order valence-electron chi connectivity index (χ3n) is 3.25. The first-order chi connectivity index (χ1) is 8.99. The third kappa shape index (κ3) is 3.19. The van der Waals surface area contributed by atoms with E-state index in [0.717, 1.165) is 35.4 Å². The molecule has 104 valence electrons. The molecule has 6 heteroatoms. The van der Waals surface area contributed by atoms with Crippen LogP contribution in [0.3, 0.4) is 0 Å². The Hall–Kier alpha value is -1.27. The van der Waals surface area contributed by atoms with E-state index in [1.807, 2.05) is 27.1 Å². The van der Waals surface area contributed by atoms with E-state index in [1.165, 1.54) is 0 Å². The molecule has 2 aromatic heterocycles. The van der Waals surface area contributed by atoms with Crippen molar-refractivity contribution in [2.45, 2.75) is 25.6 Å². The summed E-state index contributed by atoms with van der Waals surface area (Å²) in [5.74, 6) is 0. The lowest BCUT2D eigenvalue weighted by Gasteiger charge is -2.09. The van der Waals surface area contributed by atoms with Gasteiger partial charge in [-0.05, 0) is 25.5 Å². The summed E-state index contributed by atoms with van der Waals surface area (Å²) in [6.07, 6.45) is 3.60. The van der Waals surface area contributed by atoms with Crippen molar-refractivity contribution in [2.75, 3.05) is 12.8 Å². The summed E-state index contributed by atoms with van der Waals surface area (Å²) >= 11 is 0. The van der Waals surface area contributed by atoms with Crippen LogP contribution in [-0.2, 0) is 24.4 Å². The lowest BCUT2D eigenvalue weighted by molar-refractivity contribution is 0.647. The highest BCUT2D eigenvalue weighted by Crippen LogP contribution is 2.16. The van der Waals surface area contributed by atoms with E-state index in [9.17, 15) is 4.21 Å². The van der Waals surface area contributed by atoms with Crippen molar-refractivity contribution in [1.29, 1.82) is 0 Å². The van der Waals surface area contributed by atoms with Crippen molar-refractivity contribution >= 4 is 21.8 Å².